The molecule has 0 aliphatic heterocycles. The van der Waals surface area contributed by atoms with E-state index in [1.807, 2.05) is 0 Å². The molecule has 3 aliphatic carbocycles. The SMILES string of the molecule is CC1=C(Pc2ccccc2)c2ccccc2[CH]1[Ti+2][CH]1CCC2CC=CC=C21.[Cl-].[Cl-]. The fourth-order valence-corrected chi connectivity index (χ4v) is 9.74. The molecule has 29 heavy (non-hydrogen) atoms. The smallest absolute Gasteiger partial charge is 1.00 e. The van der Waals surface area contributed by atoms with Gasteiger partial charge in [0, 0.05) is 0 Å². The second-order valence-corrected chi connectivity index (χ2v) is 11.7. The van der Waals surface area contributed by atoms with E-state index in [1.54, 1.807) is 22.0 Å². The summed E-state index contributed by atoms with van der Waals surface area (Å²) >= 11 is -0.0814. The van der Waals surface area contributed by atoms with Gasteiger partial charge in [-0.05, 0) is 0 Å². The predicted molar refractivity (Wildman–Crippen MR) is 114 cm³/mol. The van der Waals surface area contributed by atoms with E-state index < -0.39 is 0 Å². The Morgan fingerprint density at radius 1 is 0.931 bits per heavy atom. The van der Waals surface area contributed by atoms with Crippen molar-refractivity contribution in [2.75, 3.05) is 0 Å². The molecule has 148 valence electrons. The van der Waals surface area contributed by atoms with Crippen LogP contribution in [-0.4, -0.2) is 0 Å². The predicted octanol–water partition coefficient (Wildman–Crippen LogP) is 0.652. The third-order valence-electron chi connectivity index (χ3n) is 6.30. The number of allylic oxidation sites excluding steroid dienone is 5. The summed E-state index contributed by atoms with van der Waals surface area (Å²) in [6, 6.07) is 20.3. The standard InChI is InChI=1S/C16H14P.C9H11.2ClH.Ti/c1-12-11-13-7-5-6-10-15(13)16(12)17-14-8-3-2-4-9-14;1-2-5-9-7-3-6-8(9)4-1;;;/h2-11,17H,1H3;1-2,4,6,9H,3,5,7H2;2*1H;/q;;;;+2/p-2. The zero-order valence-electron chi connectivity index (χ0n) is 16.5. The van der Waals surface area contributed by atoms with Gasteiger partial charge in [0.1, 0.15) is 0 Å². The van der Waals surface area contributed by atoms with Crippen LogP contribution < -0.4 is 30.1 Å². The van der Waals surface area contributed by atoms with Crippen molar-refractivity contribution in [3.8, 4) is 0 Å². The number of rotatable bonds is 4. The Kier molecular flexibility index (Phi) is 8.05. The number of hydrogen-bond acceptors (Lipinski definition) is 0. The molecule has 0 radical (unpaired) electrons. The maximum absolute atomic E-state index is 2.46. The first-order valence-electron chi connectivity index (χ1n) is 10.1. The van der Waals surface area contributed by atoms with E-state index >= 15 is 0 Å². The summed E-state index contributed by atoms with van der Waals surface area (Å²) in [5.41, 5.74) is 6.64. The Morgan fingerprint density at radius 3 is 2.52 bits per heavy atom. The number of hydrogen-bond donors (Lipinski definition) is 0. The summed E-state index contributed by atoms with van der Waals surface area (Å²) in [5.74, 6) is 0.857. The van der Waals surface area contributed by atoms with Gasteiger partial charge in [0.25, 0.3) is 0 Å². The largest absolute Gasteiger partial charge is 1.00 e. The van der Waals surface area contributed by atoms with Crippen LogP contribution in [0.15, 0.2) is 84.0 Å². The molecular formula is C25H25Cl2PTi. The van der Waals surface area contributed by atoms with Crippen molar-refractivity contribution >= 4 is 19.2 Å². The van der Waals surface area contributed by atoms with Gasteiger partial charge in [0.05, 0.1) is 0 Å². The van der Waals surface area contributed by atoms with Gasteiger partial charge < -0.3 is 24.8 Å². The molecule has 4 unspecified atom stereocenters. The Bertz CT molecular complexity index is 948. The van der Waals surface area contributed by atoms with Crippen LogP contribution in [0.4, 0.5) is 0 Å². The second-order valence-electron chi connectivity index (χ2n) is 7.89. The zero-order chi connectivity index (χ0) is 18.2. The molecule has 5 rings (SSSR count). The fourth-order valence-electron chi connectivity index (χ4n) is 4.91. The Balaban J connectivity index is 0.00000120. The minimum atomic E-state index is -0.0814. The minimum absolute atomic E-state index is 0. The molecule has 0 bridgehead atoms. The summed E-state index contributed by atoms with van der Waals surface area (Å²) in [7, 11) is 0.779. The zero-order valence-corrected chi connectivity index (χ0v) is 20.6. The van der Waals surface area contributed by atoms with Gasteiger partial charge in [-0.25, -0.2) is 0 Å². The van der Waals surface area contributed by atoms with Crippen LogP contribution in [-0.2, 0) is 19.2 Å². The monoisotopic (exact) mass is 474 g/mol. The van der Waals surface area contributed by atoms with Crippen molar-refractivity contribution in [3.63, 3.8) is 0 Å². The second kappa shape index (κ2) is 10.1. The molecule has 4 atom stereocenters. The van der Waals surface area contributed by atoms with E-state index in [0.717, 1.165) is 22.9 Å². The Labute approximate surface area is 197 Å². The van der Waals surface area contributed by atoms with Crippen LogP contribution in [0, 0.1) is 5.92 Å². The van der Waals surface area contributed by atoms with E-state index in [2.05, 4.69) is 79.7 Å². The van der Waals surface area contributed by atoms with Crippen LogP contribution in [0.3, 0.4) is 0 Å². The van der Waals surface area contributed by atoms with Gasteiger partial charge in [0.2, 0.25) is 0 Å². The molecule has 2 aromatic rings. The molecule has 0 heterocycles. The van der Waals surface area contributed by atoms with Crippen LogP contribution in [0.1, 0.15) is 41.5 Å². The van der Waals surface area contributed by atoms with Crippen molar-refractivity contribution in [2.45, 2.75) is 34.6 Å². The van der Waals surface area contributed by atoms with E-state index in [1.165, 1.54) is 30.1 Å². The summed E-state index contributed by atoms with van der Waals surface area (Å²) < 4.78 is 1.62. The van der Waals surface area contributed by atoms with Gasteiger partial charge >= 0.3 is 174 Å². The molecule has 0 aromatic heterocycles. The van der Waals surface area contributed by atoms with Gasteiger partial charge in [-0.15, -0.1) is 0 Å². The number of halogens is 2. The average molecular weight is 475 g/mol. The normalized spacial score (nSPS) is 24.4. The summed E-state index contributed by atoms with van der Waals surface area (Å²) in [4.78, 5) is 0. The summed E-state index contributed by atoms with van der Waals surface area (Å²) in [5, 5.41) is 3.08. The third kappa shape index (κ3) is 4.53. The molecular weight excluding hydrogens is 450 g/mol. The maximum Gasteiger partial charge on any atom is -1.00 e. The van der Waals surface area contributed by atoms with E-state index in [4.69, 9.17) is 0 Å². The Morgan fingerprint density at radius 2 is 1.69 bits per heavy atom. The van der Waals surface area contributed by atoms with Crippen LogP contribution in [0.5, 0.6) is 0 Å². The van der Waals surface area contributed by atoms with Crippen LogP contribution in [0.2, 0.25) is 4.22 Å². The Hall–Kier alpha value is -0.616. The molecule has 0 saturated heterocycles. The van der Waals surface area contributed by atoms with E-state index in [0.29, 0.717) is 0 Å². The van der Waals surface area contributed by atoms with E-state index in [9.17, 15) is 0 Å². The molecule has 0 amide bonds. The molecule has 1 saturated carbocycles. The first-order valence-corrected chi connectivity index (χ1v) is 12.9. The minimum Gasteiger partial charge on any atom is -1.00 e. The van der Waals surface area contributed by atoms with Crippen LogP contribution >= 0.6 is 8.58 Å². The van der Waals surface area contributed by atoms with Crippen molar-refractivity contribution in [1.29, 1.82) is 0 Å². The molecule has 1 fully saturated rings. The topological polar surface area (TPSA) is 0 Å². The van der Waals surface area contributed by atoms with Gasteiger partial charge in [0.15, 0.2) is 0 Å². The molecule has 0 N–H and O–H groups in total. The first-order chi connectivity index (χ1) is 13.3. The molecule has 0 spiro atoms. The molecule has 0 nitrogen and oxygen atoms in total. The average Bonchev–Trinajstić information content (AvgIpc) is 3.24. The molecule has 4 heteroatoms. The number of fused-ring (bicyclic) bond motifs is 2. The summed E-state index contributed by atoms with van der Waals surface area (Å²) in [6.45, 7) is 2.43. The quantitative estimate of drug-likeness (QED) is 0.451. The van der Waals surface area contributed by atoms with Crippen LogP contribution in [0.25, 0.3) is 5.31 Å². The van der Waals surface area contributed by atoms with Gasteiger partial charge in [-0.1, -0.05) is 0 Å². The van der Waals surface area contributed by atoms with Crippen molar-refractivity contribution < 1.29 is 44.0 Å². The maximum atomic E-state index is 2.46. The first kappa shape index (κ1) is 23.1. The third-order valence-corrected chi connectivity index (χ3v) is 11.1. The fraction of sp³-hybridized carbons (Fsp3) is 0.280. The van der Waals surface area contributed by atoms with Crippen molar-refractivity contribution in [2.24, 2.45) is 5.92 Å². The number of benzene rings is 2. The molecule has 2 aromatic carbocycles. The van der Waals surface area contributed by atoms with Gasteiger partial charge in [-0.2, -0.15) is 0 Å². The van der Waals surface area contributed by atoms with E-state index in [-0.39, 0.29) is 44.0 Å². The van der Waals surface area contributed by atoms with Crippen molar-refractivity contribution in [3.05, 3.63) is 95.1 Å². The summed E-state index contributed by atoms with van der Waals surface area (Å²) in [6.07, 6.45) is 11.3. The van der Waals surface area contributed by atoms with Gasteiger partial charge in [-0.3, -0.25) is 0 Å². The molecule has 3 aliphatic rings. The van der Waals surface area contributed by atoms with Crippen molar-refractivity contribution in [1.82, 2.24) is 0 Å².